The zero-order valence-corrected chi connectivity index (χ0v) is 17.0. The molecule has 0 aliphatic carbocycles. The Morgan fingerprint density at radius 3 is 2.52 bits per heavy atom. The van der Waals surface area contributed by atoms with Crippen LogP contribution in [0.3, 0.4) is 0 Å². The molecule has 4 rings (SSSR count). The second-order valence-electron chi connectivity index (χ2n) is 7.32. The molecule has 0 saturated carbocycles. The SMILES string of the molecule is CC(C)n1cc(-c2ccc(Oc3ccccc3C(O)[N+](=O)[O-])cc2)c2c(N)ncnc21. The first-order valence-corrected chi connectivity index (χ1v) is 9.66. The third-order valence-electron chi connectivity index (χ3n) is 4.99. The summed E-state index contributed by atoms with van der Waals surface area (Å²) in [5.74, 6) is 1.10. The minimum Gasteiger partial charge on any atom is -0.457 e. The van der Waals surface area contributed by atoms with Gasteiger partial charge in [-0.3, -0.25) is 10.1 Å². The number of nitrogens with zero attached hydrogens (tertiary/aromatic N) is 4. The summed E-state index contributed by atoms with van der Waals surface area (Å²) >= 11 is 0. The van der Waals surface area contributed by atoms with Gasteiger partial charge in [-0.25, -0.2) is 9.97 Å². The number of fused-ring (bicyclic) bond motifs is 1. The normalized spacial score (nSPS) is 12.3. The van der Waals surface area contributed by atoms with Crippen molar-refractivity contribution in [3.8, 4) is 22.6 Å². The van der Waals surface area contributed by atoms with E-state index in [2.05, 4.69) is 23.8 Å². The van der Waals surface area contributed by atoms with E-state index >= 15 is 0 Å². The fourth-order valence-electron chi connectivity index (χ4n) is 3.45. The van der Waals surface area contributed by atoms with E-state index in [1.807, 2.05) is 22.9 Å². The average molecular weight is 419 g/mol. The molecule has 31 heavy (non-hydrogen) atoms. The minimum absolute atomic E-state index is 0.0847. The highest BCUT2D eigenvalue weighted by Crippen LogP contribution is 2.36. The van der Waals surface area contributed by atoms with Gasteiger partial charge in [0.25, 0.3) is 0 Å². The number of rotatable bonds is 6. The molecule has 2 aromatic carbocycles. The number of aliphatic hydroxyl groups is 1. The molecule has 2 heterocycles. The van der Waals surface area contributed by atoms with E-state index in [9.17, 15) is 15.2 Å². The van der Waals surface area contributed by atoms with Crippen molar-refractivity contribution in [2.24, 2.45) is 0 Å². The number of nitro groups is 1. The molecule has 0 fully saturated rings. The molecule has 0 aliphatic rings. The molecule has 3 N–H and O–H groups in total. The van der Waals surface area contributed by atoms with Gasteiger partial charge in [0, 0.05) is 17.8 Å². The molecule has 0 aliphatic heterocycles. The third kappa shape index (κ3) is 3.78. The van der Waals surface area contributed by atoms with Crippen molar-refractivity contribution in [2.45, 2.75) is 26.1 Å². The van der Waals surface area contributed by atoms with Crippen molar-refractivity contribution in [1.29, 1.82) is 0 Å². The van der Waals surface area contributed by atoms with E-state index in [1.165, 1.54) is 12.4 Å². The average Bonchev–Trinajstić information content (AvgIpc) is 3.15. The van der Waals surface area contributed by atoms with Crippen LogP contribution in [0.4, 0.5) is 5.82 Å². The van der Waals surface area contributed by atoms with Crippen molar-refractivity contribution >= 4 is 16.9 Å². The monoisotopic (exact) mass is 419 g/mol. The topological polar surface area (TPSA) is 129 Å². The van der Waals surface area contributed by atoms with Gasteiger partial charge in [-0.05, 0) is 43.7 Å². The maximum atomic E-state index is 11.0. The fraction of sp³-hybridized carbons (Fsp3) is 0.182. The lowest BCUT2D eigenvalue weighted by atomic mass is 10.1. The fourth-order valence-corrected chi connectivity index (χ4v) is 3.45. The second-order valence-corrected chi connectivity index (χ2v) is 7.32. The van der Waals surface area contributed by atoms with Gasteiger partial charge >= 0.3 is 6.23 Å². The van der Waals surface area contributed by atoms with Gasteiger partial charge in [-0.2, -0.15) is 0 Å². The predicted molar refractivity (Wildman–Crippen MR) is 116 cm³/mol. The van der Waals surface area contributed by atoms with E-state index < -0.39 is 11.2 Å². The van der Waals surface area contributed by atoms with E-state index in [4.69, 9.17) is 10.5 Å². The molecule has 9 heteroatoms. The Labute approximate surface area is 177 Å². The maximum Gasteiger partial charge on any atom is 0.343 e. The first-order valence-electron chi connectivity index (χ1n) is 9.66. The van der Waals surface area contributed by atoms with Gasteiger partial charge in [0.2, 0.25) is 0 Å². The molecule has 2 aromatic heterocycles. The molecule has 9 nitrogen and oxygen atoms in total. The number of ether oxygens (including phenoxy) is 1. The lowest BCUT2D eigenvalue weighted by Gasteiger charge is -2.11. The molecular formula is C22H21N5O4. The summed E-state index contributed by atoms with van der Waals surface area (Å²) in [6, 6.07) is 13.8. The van der Waals surface area contributed by atoms with Crippen LogP contribution in [-0.4, -0.2) is 24.6 Å². The molecule has 4 aromatic rings. The number of benzene rings is 2. The van der Waals surface area contributed by atoms with Crippen molar-refractivity contribution in [3.05, 3.63) is 76.7 Å². The summed E-state index contributed by atoms with van der Waals surface area (Å²) < 4.78 is 7.85. The van der Waals surface area contributed by atoms with E-state index in [0.717, 1.165) is 22.2 Å². The van der Waals surface area contributed by atoms with Crippen LogP contribution in [0.25, 0.3) is 22.2 Å². The maximum absolute atomic E-state index is 11.0. The summed E-state index contributed by atoms with van der Waals surface area (Å²) in [4.78, 5) is 18.7. The first kappa shape index (κ1) is 20.3. The van der Waals surface area contributed by atoms with Gasteiger partial charge in [-0.1, -0.05) is 24.3 Å². The molecule has 0 radical (unpaired) electrons. The van der Waals surface area contributed by atoms with Crippen LogP contribution in [-0.2, 0) is 0 Å². The van der Waals surface area contributed by atoms with Gasteiger partial charge in [0.05, 0.1) is 15.9 Å². The molecule has 0 saturated heterocycles. The van der Waals surface area contributed by atoms with Crippen molar-refractivity contribution in [1.82, 2.24) is 14.5 Å². The lowest BCUT2D eigenvalue weighted by molar-refractivity contribution is -0.578. The Hall–Kier alpha value is -3.98. The Morgan fingerprint density at radius 1 is 1.13 bits per heavy atom. The van der Waals surface area contributed by atoms with Crippen LogP contribution in [0.1, 0.15) is 31.7 Å². The minimum atomic E-state index is -1.86. The molecule has 158 valence electrons. The van der Waals surface area contributed by atoms with Crippen molar-refractivity contribution in [2.75, 3.05) is 5.73 Å². The van der Waals surface area contributed by atoms with Crippen molar-refractivity contribution in [3.63, 3.8) is 0 Å². The molecule has 0 amide bonds. The molecular weight excluding hydrogens is 398 g/mol. The smallest absolute Gasteiger partial charge is 0.343 e. The molecule has 1 atom stereocenters. The van der Waals surface area contributed by atoms with Gasteiger partial charge in [0.1, 0.15) is 29.3 Å². The number of nitrogen functional groups attached to an aromatic ring is 1. The highest BCUT2D eigenvalue weighted by atomic mass is 16.7. The van der Waals surface area contributed by atoms with Gasteiger partial charge in [-0.15, -0.1) is 0 Å². The van der Waals surface area contributed by atoms with Crippen LogP contribution in [0.15, 0.2) is 61.1 Å². The largest absolute Gasteiger partial charge is 0.457 e. The van der Waals surface area contributed by atoms with E-state index in [1.54, 1.807) is 30.3 Å². The Balaban J connectivity index is 1.69. The van der Waals surface area contributed by atoms with Crippen molar-refractivity contribution < 1.29 is 14.8 Å². The highest BCUT2D eigenvalue weighted by molar-refractivity contribution is 6.00. The van der Waals surface area contributed by atoms with Crippen LogP contribution >= 0.6 is 0 Å². The number of aliphatic hydroxyl groups excluding tert-OH is 1. The lowest BCUT2D eigenvalue weighted by Crippen LogP contribution is -2.10. The summed E-state index contributed by atoms with van der Waals surface area (Å²) in [6.07, 6.45) is 1.59. The second kappa shape index (κ2) is 8.04. The van der Waals surface area contributed by atoms with Crippen LogP contribution < -0.4 is 10.5 Å². The van der Waals surface area contributed by atoms with E-state index in [-0.39, 0.29) is 17.4 Å². The number of hydrogen-bond acceptors (Lipinski definition) is 7. The first-order chi connectivity index (χ1) is 14.9. The Kier molecular flexibility index (Phi) is 5.26. The van der Waals surface area contributed by atoms with Crippen LogP contribution in [0.5, 0.6) is 11.5 Å². The summed E-state index contributed by atoms with van der Waals surface area (Å²) in [5.41, 5.74) is 8.79. The van der Waals surface area contributed by atoms with Crippen LogP contribution in [0, 0.1) is 10.1 Å². The quantitative estimate of drug-likeness (QED) is 0.270. The number of anilines is 1. The number of nitrogens with two attached hydrogens (primary N) is 1. The number of para-hydroxylation sites is 1. The number of hydrogen-bond donors (Lipinski definition) is 2. The molecule has 0 spiro atoms. The van der Waals surface area contributed by atoms with E-state index in [0.29, 0.717) is 11.6 Å². The highest BCUT2D eigenvalue weighted by Gasteiger charge is 2.23. The van der Waals surface area contributed by atoms with Gasteiger partial charge < -0.3 is 20.1 Å². The van der Waals surface area contributed by atoms with Gasteiger partial charge in [0.15, 0.2) is 0 Å². The zero-order valence-electron chi connectivity index (χ0n) is 17.0. The summed E-state index contributed by atoms with van der Waals surface area (Å²) in [7, 11) is 0. The standard InChI is InChI=1S/C22H21N5O4/c1-13(2)26-11-17(19-20(23)24-12-25-21(19)26)14-7-9-15(10-8-14)31-18-6-4-3-5-16(18)22(28)27(29)30/h3-13,22,28H,1-2H3,(H2,23,24,25). The Bertz CT molecular complexity index is 1250. The predicted octanol–water partition coefficient (Wildman–Crippen LogP) is 4.32. The molecule has 0 bridgehead atoms. The molecule has 1 unspecified atom stereocenters. The number of aromatic nitrogens is 3. The third-order valence-corrected chi connectivity index (χ3v) is 4.99. The summed E-state index contributed by atoms with van der Waals surface area (Å²) in [5, 5.41) is 21.6. The summed E-state index contributed by atoms with van der Waals surface area (Å²) in [6.45, 7) is 4.13. The zero-order chi connectivity index (χ0) is 22.1. The Morgan fingerprint density at radius 2 is 1.84 bits per heavy atom. The van der Waals surface area contributed by atoms with Crippen LogP contribution in [0.2, 0.25) is 0 Å².